The molecule has 1 amide bonds. The van der Waals surface area contributed by atoms with Crippen LogP contribution >= 0.6 is 23.1 Å². The minimum atomic E-state index is -0.101. The first-order valence-electron chi connectivity index (χ1n) is 6.82. The predicted octanol–water partition coefficient (Wildman–Crippen LogP) is 2.20. The maximum absolute atomic E-state index is 12.2. The van der Waals surface area contributed by atoms with Crippen molar-refractivity contribution >= 4 is 40.0 Å². The minimum absolute atomic E-state index is 0.101. The third-order valence-electron chi connectivity index (χ3n) is 3.92. The molecule has 0 unspecified atom stereocenters. The molecule has 5 nitrogen and oxygen atoms in total. The van der Waals surface area contributed by atoms with Crippen molar-refractivity contribution in [2.45, 2.75) is 30.9 Å². The van der Waals surface area contributed by atoms with Crippen molar-refractivity contribution < 1.29 is 4.79 Å². The first kappa shape index (κ1) is 15.4. The van der Waals surface area contributed by atoms with E-state index in [0.717, 1.165) is 11.7 Å². The third-order valence-corrected chi connectivity index (χ3v) is 6.52. The second kappa shape index (κ2) is 6.22. The number of rotatable bonds is 6. The first-order chi connectivity index (χ1) is 9.51. The average molecular weight is 314 g/mol. The van der Waals surface area contributed by atoms with E-state index >= 15 is 0 Å². The van der Waals surface area contributed by atoms with Crippen molar-refractivity contribution in [2.24, 2.45) is 0 Å². The van der Waals surface area contributed by atoms with E-state index in [2.05, 4.69) is 16.6 Å². The number of nitrogens with zero attached hydrogens (tertiary/aromatic N) is 2. The molecule has 1 aliphatic rings. The van der Waals surface area contributed by atoms with E-state index in [4.69, 9.17) is 5.73 Å². The summed E-state index contributed by atoms with van der Waals surface area (Å²) in [6.07, 6.45) is 5.72. The Morgan fingerprint density at radius 2 is 2.30 bits per heavy atom. The highest BCUT2D eigenvalue weighted by Crippen LogP contribution is 2.42. The van der Waals surface area contributed by atoms with Crippen LogP contribution in [0.1, 0.15) is 35.9 Å². The Bertz CT molecular complexity index is 479. The molecule has 3 N–H and O–H groups in total. The molecule has 1 heterocycles. The van der Waals surface area contributed by atoms with Gasteiger partial charge in [-0.25, -0.2) is 4.98 Å². The van der Waals surface area contributed by atoms with Gasteiger partial charge in [-0.15, -0.1) is 0 Å². The lowest BCUT2D eigenvalue weighted by Crippen LogP contribution is -2.45. The molecule has 1 saturated carbocycles. The topological polar surface area (TPSA) is 71.2 Å². The summed E-state index contributed by atoms with van der Waals surface area (Å²) < 4.78 is 0.234. The summed E-state index contributed by atoms with van der Waals surface area (Å²) in [4.78, 5) is 19.0. The van der Waals surface area contributed by atoms with Crippen molar-refractivity contribution in [3.8, 4) is 0 Å². The molecule has 1 fully saturated rings. The number of carbonyl (C=O) groups is 1. The van der Waals surface area contributed by atoms with Crippen LogP contribution in [0.2, 0.25) is 0 Å². The summed E-state index contributed by atoms with van der Waals surface area (Å²) in [7, 11) is 1.94. The summed E-state index contributed by atoms with van der Waals surface area (Å²) >= 11 is 3.20. The number of amides is 1. The van der Waals surface area contributed by atoms with Gasteiger partial charge in [0.1, 0.15) is 10.7 Å². The molecule has 2 rings (SSSR count). The fraction of sp³-hybridized carbons (Fsp3) is 0.692. The number of carbonyl (C=O) groups excluding carboxylic acids is 1. The van der Waals surface area contributed by atoms with Crippen LogP contribution in [0.15, 0.2) is 0 Å². The van der Waals surface area contributed by atoms with Crippen molar-refractivity contribution in [1.29, 1.82) is 0 Å². The lowest BCUT2D eigenvalue weighted by molar-refractivity contribution is 0.0948. The molecule has 0 aromatic carbocycles. The fourth-order valence-corrected chi connectivity index (χ4v) is 3.97. The lowest BCUT2D eigenvalue weighted by Gasteiger charge is -2.40. The standard InChI is InChI=1S/C13H22N4OS2/c1-4-17(2)12-16-10(14)9(20-12)11(18)15-8-13(19-3)6-5-7-13/h4-8,14H2,1-3H3,(H,15,18). The van der Waals surface area contributed by atoms with Gasteiger partial charge in [0.05, 0.1) is 0 Å². The molecular formula is C13H22N4OS2. The number of hydrogen-bond donors (Lipinski definition) is 2. The zero-order valence-electron chi connectivity index (χ0n) is 12.2. The molecule has 20 heavy (non-hydrogen) atoms. The molecule has 0 radical (unpaired) electrons. The Kier molecular flexibility index (Phi) is 4.80. The molecule has 1 aliphatic carbocycles. The van der Waals surface area contributed by atoms with Crippen LogP contribution in [-0.2, 0) is 0 Å². The molecule has 112 valence electrons. The van der Waals surface area contributed by atoms with Crippen LogP contribution in [0.5, 0.6) is 0 Å². The SMILES string of the molecule is CCN(C)c1nc(N)c(C(=O)NCC2(SC)CCC2)s1. The smallest absolute Gasteiger partial charge is 0.265 e. The van der Waals surface area contributed by atoms with Crippen molar-refractivity contribution in [3.05, 3.63) is 4.88 Å². The van der Waals surface area contributed by atoms with E-state index in [1.807, 2.05) is 30.6 Å². The van der Waals surface area contributed by atoms with Gasteiger partial charge >= 0.3 is 0 Å². The third kappa shape index (κ3) is 3.03. The Morgan fingerprint density at radius 1 is 1.60 bits per heavy atom. The second-order valence-electron chi connectivity index (χ2n) is 5.15. The molecule has 0 saturated heterocycles. The fourth-order valence-electron chi connectivity index (χ4n) is 2.13. The van der Waals surface area contributed by atoms with Crippen LogP contribution in [0.3, 0.4) is 0 Å². The number of thiazole rings is 1. The number of thioether (sulfide) groups is 1. The van der Waals surface area contributed by atoms with E-state index < -0.39 is 0 Å². The zero-order chi connectivity index (χ0) is 14.8. The normalized spacial score (nSPS) is 16.6. The number of nitrogen functional groups attached to an aromatic ring is 1. The summed E-state index contributed by atoms with van der Waals surface area (Å²) in [6.45, 7) is 3.59. The van der Waals surface area contributed by atoms with Gasteiger partial charge in [0.25, 0.3) is 5.91 Å². The molecule has 0 spiro atoms. The van der Waals surface area contributed by atoms with E-state index in [1.54, 1.807) is 0 Å². The average Bonchev–Trinajstić information content (AvgIpc) is 2.79. The summed E-state index contributed by atoms with van der Waals surface area (Å²) in [5, 5.41) is 3.81. The largest absolute Gasteiger partial charge is 0.382 e. The summed E-state index contributed by atoms with van der Waals surface area (Å²) in [5.74, 6) is 0.227. The van der Waals surface area contributed by atoms with Crippen LogP contribution in [0.4, 0.5) is 10.9 Å². The van der Waals surface area contributed by atoms with Gasteiger partial charge in [0.2, 0.25) is 0 Å². The summed E-state index contributed by atoms with van der Waals surface area (Å²) in [6, 6.07) is 0. The van der Waals surface area contributed by atoms with Crippen molar-refractivity contribution in [3.63, 3.8) is 0 Å². The van der Waals surface area contributed by atoms with E-state index in [1.165, 1.54) is 30.6 Å². The molecule has 7 heteroatoms. The zero-order valence-corrected chi connectivity index (χ0v) is 13.9. The van der Waals surface area contributed by atoms with E-state index in [9.17, 15) is 4.79 Å². The first-order valence-corrected chi connectivity index (χ1v) is 8.86. The van der Waals surface area contributed by atoms with Gasteiger partial charge in [-0.1, -0.05) is 17.8 Å². The Hall–Kier alpha value is -0.950. The quantitative estimate of drug-likeness (QED) is 0.842. The monoisotopic (exact) mass is 314 g/mol. The number of hydrogen-bond acceptors (Lipinski definition) is 6. The van der Waals surface area contributed by atoms with Crippen LogP contribution in [-0.4, -0.2) is 42.0 Å². The van der Waals surface area contributed by atoms with E-state index in [0.29, 0.717) is 17.2 Å². The molecule has 0 atom stereocenters. The Labute approximate surface area is 128 Å². The van der Waals surface area contributed by atoms with Crippen LogP contribution < -0.4 is 16.0 Å². The van der Waals surface area contributed by atoms with Gasteiger partial charge in [-0.2, -0.15) is 11.8 Å². The number of nitrogens with two attached hydrogens (primary N) is 1. The predicted molar refractivity (Wildman–Crippen MR) is 87.9 cm³/mol. The highest BCUT2D eigenvalue weighted by Gasteiger charge is 2.36. The number of anilines is 2. The van der Waals surface area contributed by atoms with Crippen LogP contribution in [0.25, 0.3) is 0 Å². The van der Waals surface area contributed by atoms with Crippen molar-refractivity contribution in [1.82, 2.24) is 10.3 Å². The molecule has 1 aromatic rings. The maximum Gasteiger partial charge on any atom is 0.265 e. The van der Waals surface area contributed by atoms with Gasteiger partial charge in [-0.05, 0) is 26.0 Å². The van der Waals surface area contributed by atoms with E-state index in [-0.39, 0.29) is 10.7 Å². The Balaban J connectivity index is 2.00. The molecular weight excluding hydrogens is 292 g/mol. The van der Waals surface area contributed by atoms with Crippen molar-refractivity contribution in [2.75, 3.05) is 37.0 Å². The number of aromatic nitrogens is 1. The second-order valence-corrected chi connectivity index (χ2v) is 7.40. The van der Waals surface area contributed by atoms with Gasteiger partial charge in [-0.3, -0.25) is 4.79 Å². The van der Waals surface area contributed by atoms with Crippen LogP contribution in [0, 0.1) is 0 Å². The van der Waals surface area contributed by atoms with Gasteiger partial charge in [0, 0.05) is 24.9 Å². The highest BCUT2D eigenvalue weighted by molar-refractivity contribution is 8.00. The molecule has 0 aliphatic heterocycles. The van der Waals surface area contributed by atoms with Gasteiger partial charge in [0.15, 0.2) is 5.13 Å². The van der Waals surface area contributed by atoms with Gasteiger partial charge < -0.3 is 16.0 Å². The maximum atomic E-state index is 12.2. The molecule has 1 aromatic heterocycles. The molecule has 0 bridgehead atoms. The summed E-state index contributed by atoms with van der Waals surface area (Å²) in [5.41, 5.74) is 5.86. The lowest BCUT2D eigenvalue weighted by atomic mass is 9.84. The number of nitrogens with one attached hydrogen (secondary N) is 1. The minimum Gasteiger partial charge on any atom is -0.382 e. The highest BCUT2D eigenvalue weighted by atomic mass is 32.2. The Morgan fingerprint density at radius 3 is 2.80 bits per heavy atom.